The first-order valence-electron chi connectivity index (χ1n) is 9.77. The minimum Gasteiger partial charge on any atom is -0.493 e. The maximum Gasteiger partial charge on any atom is 0.263 e. The summed E-state index contributed by atoms with van der Waals surface area (Å²) in [5.41, 5.74) is 2.61. The van der Waals surface area contributed by atoms with Crippen LogP contribution in [0.1, 0.15) is 18.1 Å². The summed E-state index contributed by atoms with van der Waals surface area (Å²) >= 11 is 6.13. The van der Waals surface area contributed by atoms with E-state index in [0.29, 0.717) is 23.9 Å². The van der Waals surface area contributed by atoms with E-state index < -0.39 is 6.10 Å². The van der Waals surface area contributed by atoms with E-state index in [0.717, 1.165) is 38.4 Å². The van der Waals surface area contributed by atoms with Crippen molar-refractivity contribution in [2.45, 2.75) is 26.0 Å². The molecule has 0 N–H and O–H groups in total. The monoisotopic (exact) mass is 400 g/mol. The molecule has 2 aromatic rings. The zero-order chi connectivity index (χ0) is 19.5. The smallest absolute Gasteiger partial charge is 0.263 e. The number of piperazine rings is 1. The molecule has 1 unspecified atom stereocenters. The fraction of sp³-hybridized carbons (Fsp3) is 0.409. The van der Waals surface area contributed by atoms with E-state index in [4.69, 9.17) is 21.1 Å². The number of benzene rings is 2. The standard InChI is InChI=1S/C22H25ClN2O3/c1-16(28-21-5-3-2-4-19(21)23)22(26)25-11-9-24(10-12-25)15-17-6-7-20-18(14-17)8-13-27-20/h2-7,14,16H,8-13,15H2,1H3. The van der Waals surface area contributed by atoms with Crippen LogP contribution in [0.4, 0.5) is 0 Å². The molecule has 0 aliphatic carbocycles. The van der Waals surface area contributed by atoms with Crippen molar-refractivity contribution in [2.24, 2.45) is 0 Å². The van der Waals surface area contributed by atoms with Crippen LogP contribution >= 0.6 is 11.6 Å². The van der Waals surface area contributed by atoms with Crippen molar-refractivity contribution in [1.82, 2.24) is 9.80 Å². The molecule has 2 aliphatic rings. The summed E-state index contributed by atoms with van der Waals surface area (Å²) in [6, 6.07) is 13.7. The largest absolute Gasteiger partial charge is 0.493 e. The lowest BCUT2D eigenvalue weighted by Gasteiger charge is -2.36. The lowest BCUT2D eigenvalue weighted by Crippen LogP contribution is -2.51. The molecule has 4 rings (SSSR count). The summed E-state index contributed by atoms with van der Waals surface area (Å²) in [5.74, 6) is 1.57. The average Bonchev–Trinajstić information content (AvgIpc) is 3.17. The van der Waals surface area contributed by atoms with Gasteiger partial charge in [-0.15, -0.1) is 0 Å². The van der Waals surface area contributed by atoms with Gasteiger partial charge in [0.2, 0.25) is 0 Å². The molecular formula is C22H25ClN2O3. The molecule has 1 saturated heterocycles. The van der Waals surface area contributed by atoms with Gasteiger partial charge in [-0.2, -0.15) is 0 Å². The van der Waals surface area contributed by atoms with Crippen LogP contribution in [-0.4, -0.2) is 54.6 Å². The molecule has 0 spiro atoms. The number of amides is 1. The zero-order valence-electron chi connectivity index (χ0n) is 16.1. The maximum absolute atomic E-state index is 12.7. The van der Waals surface area contributed by atoms with Crippen molar-refractivity contribution < 1.29 is 14.3 Å². The van der Waals surface area contributed by atoms with Crippen molar-refractivity contribution in [3.05, 3.63) is 58.6 Å². The Bertz CT molecular complexity index is 849. The molecule has 1 fully saturated rings. The quantitative estimate of drug-likeness (QED) is 0.771. The summed E-state index contributed by atoms with van der Waals surface area (Å²) < 4.78 is 11.4. The second-order valence-electron chi connectivity index (χ2n) is 7.33. The second kappa shape index (κ2) is 8.41. The number of ether oxygens (including phenoxy) is 2. The molecular weight excluding hydrogens is 376 g/mol. The summed E-state index contributed by atoms with van der Waals surface area (Å²) in [5, 5.41) is 0.520. The third kappa shape index (κ3) is 4.26. The van der Waals surface area contributed by atoms with E-state index in [1.54, 1.807) is 19.1 Å². The van der Waals surface area contributed by atoms with Gasteiger partial charge in [0.25, 0.3) is 5.91 Å². The van der Waals surface area contributed by atoms with Crippen molar-refractivity contribution in [1.29, 1.82) is 0 Å². The van der Waals surface area contributed by atoms with Crippen molar-refractivity contribution in [3.8, 4) is 11.5 Å². The number of hydrogen-bond donors (Lipinski definition) is 0. The molecule has 28 heavy (non-hydrogen) atoms. The first kappa shape index (κ1) is 19.1. The highest BCUT2D eigenvalue weighted by molar-refractivity contribution is 6.32. The minimum atomic E-state index is -0.553. The molecule has 2 aromatic carbocycles. The number of fused-ring (bicyclic) bond motifs is 1. The lowest BCUT2D eigenvalue weighted by atomic mass is 10.1. The van der Waals surface area contributed by atoms with E-state index in [-0.39, 0.29) is 5.91 Å². The molecule has 6 heteroatoms. The Balaban J connectivity index is 1.28. The highest BCUT2D eigenvalue weighted by Gasteiger charge is 2.26. The van der Waals surface area contributed by atoms with Gasteiger partial charge in [-0.25, -0.2) is 0 Å². The van der Waals surface area contributed by atoms with Crippen LogP contribution in [0.2, 0.25) is 5.02 Å². The number of carbonyl (C=O) groups excluding carboxylic acids is 1. The normalized spacial score (nSPS) is 17.7. The molecule has 0 aromatic heterocycles. The van der Waals surface area contributed by atoms with Crippen LogP contribution < -0.4 is 9.47 Å². The van der Waals surface area contributed by atoms with Crippen LogP contribution in [0.25, 0.3) is 0 Å². The lowest BCUT2D eigenvalue weighted by molar-refractivity contribution is -0.139. The zero-order valence-corrected chi connectivity index (χ0v) is 16.8. The van der Waals surface area contributed by atoms with Gasteiger partial charge in [0.1, 0.15) is 11.5 Å². The van der Waals surface area contributed by atoms with Crippen LogP contribution in [0.15, 0.2) is 42.5 Å². The number of halogens is 1. The number of rotatable bonds is 5. The van der Waals surface area contributed by atoms with Gasteiger partial charge in [-0.1, -0.05) is 35.9 Å². The van der Waals surface area contributed by atoms with Gasteiger partial charge in [0.15, 0.2) is 6.10 Å². The van der Waals surface area contributed by atoms with Gasteiger partial charge < -0.3 is 14.4 Å². The van der Waals surface area contributed by atoms with E-state index >= 15 is 0 Å². The Hall–Kier alpha value is -2.24. The third-order valence-electron chi connectivity index (χ3n) is 5.33. The Morgan fingerprint density at radius 1 is 1.18 bits per heavy atom. The topological polar surface area (TPSA) is 42.0 Å². The molecule has 2 aliphatic heterocycles. The maximum atomic E-state index is 12.7. The Morgan fingerprint density at radius 3 is 2.75 bits per heavy atom. The molecule has 0 bridgehead atoms. The number of nitrogens with zero attached hydrogens (tertiary/aromatic N) is 2. The van der Waals surface area contributed by atoms with Gasteiger partial charge in [0, 0.05) is 39.1 Å². The minimum absolute atomic E-state index is 0.00856. The van der Waals surface area contributed by atoms with Crippen LogP contribution in [-0.2, 0) is 17.8 Å². The Labute approximate surface area is 170 Å². The van der Waals surface area contributed by atoms with Crippen LogP contribution in [0.3, 0.4) is 0 Å². The molecule has 148 valence electrons. The predicted molar refractivity (Wildman–Crippen MR) is 109 cm³/mol. The third-order valence-corrected chi connectivity index (χ3v) is 5.64. The Morgan fingerprint density at radius 2 is 1.96 bits per heavy atom. The van der Waals surface area contributed by atoms with Gasteiger partial charge in [0.05, 0.1) is 11.6 Å². The average molecular weight is 401 g/mol. The molecule has 0 saturated carbocycles. The first-order chi connectivity index (χ1) is 13.6. The number of para-hydroxylation sites is 1. The van der Waals surface area contributed by atoms with Gasteiger partial charge in [-0.3, -0.25) is 9.69 Å². The van der Waals surface area contributed by atoms with Crippen LogP contribution in [0, 0.1) is 0 Å². The molecule has 2 heterocycles. The van der Waals surface area contributed by atoms with Crippen molar-refractivity contribution in [2.75, 3.05) is 32.8 Å². The first-order valence-corrected chi connectivity index (χ1v) is 10.1. The SMILES string of the molecule is CC(Oc1ccccc1Cl)C(=O)N1CCN(Cc2ccc3c(c2)CCO3)CC1. The molecule has 0 radical (unpaired) electrons. The summed E-state index contributed by atoms with van der Waals surface area (Å²) in [6.45, 7) is 6.61. The van der Waals surface area contributed by atoms with Gasteiger partial charge in [-0.05, 0) is 36.2 Å². The highest BCUT2D eigenvalue weighted by Crippen LogP contribution is 2.27. The van der Waals surface area contributed by atoms with Gasteiger partial charge >= 0.3 is 0 Å². The van der Waals surface area contributed by atoms with E-state index in [1.807, 2.05) is 17.0 Å². The predicted octanol–water partition coefficient (Wildman–Crippen LogP) is 3.39. The number of carbonyl (C=O) groups is 1. The van der Waals surface area contributed by atoms with Crippen LogP contribution in [0.5, 0.6) is 11.5 Å². The van der Waals surface area contributed by atoms with E-state index in [1.165, 1.54) is 11.1 Å². The summed E-state index contributed by atoms with van der Waals surface area (Å²) in [6.07, 6.45) is 0.442. The Kier molecular flexibility index (Phi) is 5.74. The number of hydrogen-bond acceptors (Lipinski definition) is 4. The van der Waals surface area contributed by atoms with Crippen molar-refractivity contribution >= 4 is 17.5 Å². The fourth-order valence-corrected chi connectivity index (χ4v) is 3.94. The van der Waals surface area contributed by atoms with E-state index in [2.05, 4.69) is 23.1 Å². The fourth-order valence-electron chi connectivity index (χ4n) is 3.76. The summed E-state index contributed by atoms with van der Waals surface area (Å²) in [4.78, 5) is 17.0. The van der Waals surface area contributed by atoms with E-state index in [9.17, 15) is 4.79 Å². The van der Waals surface area contributed by atoms with Crippen molar-refractivity contribution in [3.63, 3.8) is 0 Å². The highest BCUT2D eigenvalue weighted by atomic mass is 35.5. The molecule has 5 nitrogen and oxygen atoms in total. The molecule has 1 amide bonds. The second-order valence-corrected chi connectivity index (χ2v) is 7.74. The molecule has 1 atom stereocenters. The summed E-state index contributed by atoms with van der Waals surface area (Å²) in [7, 11) is 0.